The fourth-order valence-corrected chi connectivity index (χ4v) is 5.20. The largest absolute Gasteiger partial charge is 0.347 e. The molecule has 1 N–H and O–H groups in total. The fraction of sp³-hybridized carbons (Fsp3) is 0.370. The van der Waals surface area contributed by atoms with Crippen molar-refractivity contribution in [2.24, 2.45) is 18.4 Å². The van der Waals surface area contributed by atoms with E-state index in [4.69, 9.17) is 0 Å². The van der Waals surface area contributed by atoms with Crippen LogP contribution in [-0.4, -0.2) is 32.6 Å². The van der Waals surface area contributed by atoms with Gasteiger partial charge in [-0.2, -0.15) is 10.4 Å². The lowest BCUT2D eigenvalue weighted by molar-refractivity contribution is -0.123. The molecular weight excluding hydrogens is 459 g/mol. The number of aryl methyl sites for hydroxylation is 2. The van der Waals surface area contributed by atoms with Gasteiger partial charge in [0, 0.05) is 42.8 Å². The second kappa shape index (κ2) is 8.86. The molecule has 184 valence electrons. The Labute approximate surface area is 208 Å². The Kier molecular flexibility index (Phi) is 5.83. The van der Waals surface area contributed by atoms with Crippen LogP contribution in [0.15, 0.2) is 42.7 Å². The molecule has 2 atom stereocenters. The molecule has 3 aromatic rings. The molecule has 0 spiro atoms. The molecule has 1 aliphatic carbocycles. The molecule has 2 aliphatic rings. The predicted octanol–water partition coefficient (Wildman–Crippen LogP) is 3.90. The summed E-state index contributed by atoms with van der Waals surface area (Å²) >= 11 is 0. The van der Waals surface area contributed by atoms with Crippen LogP contribution < -0.4 is 10.2 Å². The van der Waals surface area contributed by atoms with Gasteiger partial charge in [-0.15, -0.1) is 0 Å². The maximum absolute atomic E-state index is 14.3. The molecule has 8 nitrogen and oxygen atoms in total. The van der Waals surface area contributed by atoms with Crippen LogP contribution in [0.1, 0.15) is 47.9 Å². The summed E-state index contributed by atoms with van der Waals surface area (Å²) in [7, 11) is 1.79. The van der Waals surface area contributed by atoms with E-state index in [2.05, 4.69) is 21.5 Å². The van der Waals surface area contributed by atoms with Crippen LogP contribution in [-0.2, 0) is 18.4 Å². The number of anilines is 1. The van der Waals surface area contributed by atoms with Gasteiger partial charge in [0.2, 0.25) is 5.91 Å². The van der Waals surface area contributed by atoms with Gasteiger partial charge in [-0.25, -0.2) is 9.37 Å². The normalized spacial score (nSPS) is 21.5. The molecule has 3 heterocycles. The summed E-state index contributed by atoms with van der Waals surface area (Å²) in [5.41, 5.74) is 2.37. The Morgan fingerprint density at radius 3 is 2.69 bits per heavy atom. The zero-order valence-electron chi connectivity index (χ0n) is 20.5. The second-order valence-corrected chi connectivity index (χ2v) is 9.87. The second-order valence-electron chi connectivity index (χ2n) is 9.87. The van der Waals surface area contributed by atoms with Gasteiger partial charge in [0.1, 0.15) is 16.9 Å². The van der Waals surface area contributed by atoms with E-state index >= 15 is 0 Å². The summed E-state index contributed by atoms with van der Waals surface area (Å²) in [6.45, 7) is 3.79. The number of halogens is 1. The van der Waals surface area contributed by atoms with E-state index in [0.29, 0.717) is 28.9 Å². The van der Waals surface area contributed by atoms with Crippen molar-refractivity contribution in [2.75, 3.05) is 4.90 Å². The average molecular weight is 487 g/mol. The molecule has 9 heteroatoms. The van der Waals surface area contributed by atoms with Gasteiger partial charge in [-0.1, -0.05) is 0 Å². The first-order chi connectivity index (χ1) is 17.2. The first kappa shape index (κ1) is 23.7. The number of nitrogens with one attached hydrogen (secondary N) is 1. The van der Waals surface area contributed by atoms with Gasteiger partial charge in [0.25, 0.3) is 5.91 Å². The van der Waals surface area contributed by atoms with Gasteiger partial charge in [-0.3, -0.25) is 14.3 Å². The van der Waals surface area contributed by atoms with Crippen LogP contribution in [0.4, 0.5) is 10.1 Å². The van der Waals surface area contributed by atoms with E-state index in [1.54, 1.807) is 54.1 Å². The van der Waals surface area contributed by atoms with E-state index < -0.39 is 17.1 Å². The molecule has 5 rings (SSSR count). The molecule has 0 unspecified atom stereocenters. The van der Waals surface area contributed by atoms with Crippen molar-refractivity contribution >= 4 is 17.5 Å². The SMILES string of the molecule is Cc1cc(N2C(=O)[C@](C#N)(C3CC3)C[C@@H]2C)cc(C(=O)NCc2cc(F)cc(-c3cnn(C)c3)c2)n1. The highest BCUT2D eigenvalue weighted by atomic mass is 19.1. The summed E-state index contributed by atoms with van der Waals surface area (Å²) in [4.78, 5) is 32.4. The number of benzene rings is 1. The van der Waals surface area contributed by atoms with Crippen LogP contribution in [0.2, 0.25) is 0 Å². The Balaban J connectivity index is 1.35. The molecule has 1 saturated heterocycles. The number of rotatable bonds is 6. The topological polar surface area (TPSA) is 104 Å². The van der Waals surface area contributed by atoms with E-state index in [1.165, 1.54) is 12.1 Å². The van der Waals surface area contributed by atoms with E-state index in [-0.39, 0.29) is 30.1 Å². The first-order valence-corrected chi connectivity index (χ1v) is 12.0. The lowest BCUT2D eigenvalue weighted by Gasteiger charge is -2.23. The smallest absolute Gasteiger partial charge is 0.270 e. The number of hydrogen-bond donors (Lipinski definition) is 1. The number of nitrogens with zero attached hydrogens (tertiary/aromatic N) is 5. The maximum atomic E-state index is 14.3. The molecule has 0 bridgehead atoms. The molecule has 2 amide bonds. The zero-order chi connectivity index (χ0) is 25.6. The molecule has 2 fully saturated rings. The van der Waals surface area contributed by atoms with Gasteiger partial charge >= 0.3 is 0 Å². The van der Waals surface area contributed by atoms with E-state index in [1.807, 2.05) is 6.92 Å². The number of carbonyl (C=O) groups excluding carboxylic acids is 2. The van der Waals surface area contributed by atoms with Crippen LogP contribution >= 0.6 is 0 Å². The molecular formula is C27H27FN6O2. The minimum absolute atomic E-state index is 0.104. The van der Waals surface area contributed by atoms with Crippen LogP contribution in [0.3, 0.4) is 0 Å². The van der Waals surface area contributed by atoms with Crippen LogP contribution in [0.5, 0.6) is 0 Å². The summed E-state index contributed by atoms with van der Waals surface area (Å²) in [5.74, 6) is -0.925. The Bertz CT molecular complexity index is 1410. The van der Waals surface area contributed by atoms with Crippen LogP contribution in [0.25, 0.3) is 11.1 Å². The van der Waals surface area contributed by atoms with Crippen molar-refractivity contribution in [1.29, 1.82) is 5.26 Å². The number of carbonyl (C=O) groups is 2. The van der Waals surface area contributed by atoms with Gasteiger partial charge in [0.05, 0.1) is 12.3 Å². The van der Waals surface area contributed by atoms with Crippen molar-refractivity contribution < 1.29 is 14.0 Å². The first-order valence-electron chi connectivity index (χ1n) is 12.0. The van der Waals surface area contributed by atoms with E-state index in [9.17, 15) is 19.2 Å². The number of pyridine rings is 1. The molecule has 0 radical (unpaired) electrons. The third kappa shape index (κ3) is 4.24. The molecule has 1 aliphatic heterocycles. The van der Waals surface area contributed by atoms with Crippen molar-refractivity contribution in [3.8, 4) is 17.2 Å². The predicted molar refractivity (Wildman–Crippen MR) is 131 cm³/mol. The van der Waals surface area contributed by atoms with Crippen molar-refractivity contribution in [2.45, 2.75) is 45.7 Å². The molecule has 36 heavy (non-hydrogen) atoms. The quantitative estimate of drug-likeness (QED) is 0.569. The summed E-state index contributed by atoms with van der Waals surface area (Å²) in [6, 6.07) is 10.1. The third-order valence-corrected chi connectivity index (χ3v) is 7.03. The third-order valence-electron chi connectivity index (χ3n) is 7.03. The Hall–Kier alpha value is -4.06. The summed E-state index contributed by atoms with van der Waals surface area (Å²) < 4.78 is 15.9. The Morgan fingerprint density at radius 2 is 2.03 bits per heavy atom. The number of nitriles is 1. The standard InChI is InChI=1S/C27H27FN6O2/c1-16-6-23(34-17(2)11-27(15-29,26(34)36)21-4-5-21)10-24(32-16)25(35)30-12-18-7-19(9-22(28)8-18)20-13-31-33(3)14-20/h6-10,13-14,17,21H,4-5,11-12H2,1-3H3,(H,30,35)/t17-,27+/m0/s1. The van der Waals surface area contributed by atoms with Crippen molar-refractivity contribution in [3.63, 3.8) is 0 Å². The zero-order valence-corrected chi connectivity index (χ0v) is 20.5. The van der Waals surface area contributed by atoms with Gasteiger partial charge in [-0.05, 0) is 80.5 Å². The fourth-order valence-electron chi connectivity index (χ4n) is 5.20. The lowest BCUT2D eigenvalue weighted by Crippen LogP contribution is -2.37. The average Bonchev–Trinajstić information content (AvgIpc) is 3.54. The number of aromatic nitrogens is 3. The minimum Gasteiger partial charge on any atom is -0.347 e. The lowest BCUT2D eigenvalue weighted by atomic mass is 9.81. The molecule has 1 aromatic carbocycles. The summed E-state index contributed by atoms with van der Waals surface area (Å²) in [5, 5.41) is 16.8. The maximum Gasteiger partial charge on any atom is 0.270 e. The van der Waals surface area contributed by atoms with Gasteiger partial charge < -0.3 is 10.2 Å². The number of hydrogen-bond acceptors (Lipinski definition) is 5. The van der Waals surface area contributed by atoms with Crippen molar-refractivity contribution in [3.05, 3.63) is 65.5 Å². The number of amides is 2. The monoisotopic (exact) mass is 486 g/mol. The van der Waals surface area contributed by atoms with Crippen molar-refractivity contribution in [1.82, 2.24) is 20.1 Å². The highest BCUT2D eigenvalue weighted by molar-refractivity contribution is 6.04. The highest BCUT2D eigenvalue weighted by Crippen LogP contribution is 2.53. The minimum atomic E-state index is -0.984. The van der Waals surface area contributed by atoms with Crippen LogP contribution in [0, 0.1) is 35.4 Å². The van der Waals surface area contributed by atoms with E-state index in [0.717, 1.165) is 18.4 Å². The Morgan fingerprint density at radius 1 is 1.25 bits per heavy atom. The summed E-state index contributed by atoms with van der Waals surface area (Å²) in [6.07, 6.45) is 5.71. The molecule has 1 saturated carbocycles. The van der Waals surface area contributed by atoms with Gasteiger partial charge in [0.15, 0.2) is 0 Å². The molecule has 2 aromatic heterocycles. The highest BCUT2D eigenvalue weighted by Gasteiger charge is 2.59.